The molecule has 0 fully saturated rings. The number of aromatic nitrogens is 1. The third-order valence-corrected chi connectivity index (χ3v) is 2.19. The Morgan fingerprint density at radius 2 is 2.31 bits per heavy atom. The van der Waals surface area contributed by atoms with Crippen molar-refractivity contribution in [1.82, 2.24) is 4.98 Å². The summed E-state index contributed by atoms with van der Waals surface area (Å²) in [6.07, 6.45) is 0. The van der Waals surface area contributed by atoms with E-state index in [0.29, 0.717) is 22.1 Å². The van der Waals surface area contributed by atoms with Gasteiger partial charge >= 0.3 is 0 Å². The number of rotatable bonds is 1. The van der Waals surface area contributed by atoms with Crippen LogP contribution in [-0.4, -0.2) is 10.1 Å². The topological polar surface area (TPSA) is 46.3 Å². The molecule has 13 heavy (non-hydrogen) atoms. The van der Waals surface area contributed by atoms with E-state index in [1.54, 1.807) is 19.1 Å². The van der Waals surface area contributed by atoms with Gasteiger partial charge in [0, 0.05) is 18.0 Å². The summed E-state index contributed by atoms with van der Waals surface area (Å²) in [5.74, 6) is 0.598. The van der Waals surface area contributed by atoms with Crippen molar-refractivity contribution in [1.29, 1.82) is 0 Å². The van der Waals surface area contributed by atoms with Crippen molar-refractivity contribution in [3.63, 3.8) is 0 Å². The maximum atomic E-state index is 8.94. The van der Waals surface area contributed by atoms with Gasteiger partial charge in [-0.25, -0.2) is 4.98 Å². The van der Waals surface area contributed by atoms with Crippen molar-refractivity contribution in [2.45, 2.75) is 13.5 Å². The first-order chi connectivity index (χ1) is 6.20. The zero-order valence-electron chi connectivity index (χ0n) is 7.04. The Balaban J connectivity index is 2.72. The molecular formula is C9H8ClNO2. The lowest BCUT2D eigenvalue weighted by molar-refractivity contribution is 0.282. The Labute approximate surface area is 80.0 Å². The molecule has 1 N–H and O–H groups in total. The molecule has 0 saturated carbocycles. The van der Waals surface area contributed by atoms with Crippen LogP contribution in [0.1, 0.15) is 11.5 Å². The summed E-state index contributed by atoms with van der Waals surface area (Å²) in [6, 6.07) is 3.40. The molecule has 1 aromatic heterocycles. The molecule has 0 atom stereocenters. The quantitative estimate of drug-likeness (QED) is 0.763. The fraction of sp³-hybridized carbons (Fsp3) is 0.222. The number of aliphatic hydroxyl groups is 1. The van der Waals surface area contributed by atoms with Gasteiger partial charge in [-0.3, -0.25) is 0 Å². The van der Waals surface area contributed by atoms with E-state index in [1.165, 1.54) is 0 Å². The van der Waals surface area contributed by atoms with E-state index in [0.717, 1.165) is 5.52 Å². The van der Waals surface area contributed by atoms with E-state index in [4.69, 9.17) is 21.1 Å². The van der Waals surface area contributed by atoms with E-state index >= 15 is 0 Å². The van der Waals surface area contributed by atoms with Gasteiger partial charge in [0.25, 0.3) is 0 Å². The summed E-state index contributed by atoms with van der Waals surface area (Å²) in [6.45, 7) is 1.69. The summed E-state index contributed by atoms with van der Waals surface area (Å²) in [5, 5.41) is 9.45. The van der Waals surface area contributed by atoms with E-state index < -0.39 is 0 Å². The summed E-state index contributed by atoms with van der Waals surface area (Å²) >= 11 is 5.86. The third-order valence-electron chi connectivity index (χ3n) is 1.83. The molecule has 1 heterocycles. The number of oxazole rings is 1. The first kappa shape index (κ1) is 8.53. The van der Waals surface area contributed by atoms with Crippen LogP contribution >= 0.6 is 11.6 Å². The van der Waals surface area contributed by atoms with Crippen LogP contribution in [0.25, 0.3) is 11.1 Å². The molecule has 2 rings (SSSR count). The minimum Gasteiger partial charge on any atom is -0.441 e. The van der Waals surface area contributed by atoms with Crippen LogP contribution in [0.4, 0.5) is 0 Å². The summed E-state index contributed by atoms with van der Waals surface area (Å²) in [5.41, 5.74) is 2.05. The maximum Gasteiger partial charge on any atom is 0.192 e. The number of aliphatic hydroxyl groups excluding tert-OH is 1. The van der Waals surface area contributed by atoms with Gasteiger partial charge < -0.3 is 9.52 Å². The molecule has 0 aliphatic heterocycles. The largest absolute Gasteiger partial charge is 0.441 e. The number of fused-ring (bicyclic) bond motifs is 1. The Kier molecular flexibility index (Phi) is 1.98. The molecule has 4 heteroatoms. The first-order valence-corrected chi connectivity index (χ1v) is 4.25. The smallest absolute Gasteiger partial charge is 0.192 e. The maximum absolute atomic E-state index is 8.94. The molecule has 2 aromatic rings. The van der Waals surface area contributed by atoms with Gasteiger partial charge in [0.05, 0.1) is 6.61 Å². The monoisotopic (exact) mass is 197 g/mol. The van der Waals surface area contributed by atoms with Crippen LogP contribution in [0.5, 0.6) is 0 Å². The lowest BCUT2D eigenvalue weighted by Gasteiger charge is -1.97. The Hall–Kier alpha value is -1.06. The fourth-order valence-electron chi connectivity index (χ4n) is 1.23. The molecule has 1 aromatic carbocycles. The van der Waals surface area contributed by atoms with Crippen molar-refractivity contribution < 1.29 is 9.52 Å². The Bertz CT molecular complexity index is 450. The molecule has 0 aliphatic carbocycles. The number of halogens is 1. The first-order valence-electron chi connectivity index (χ1n) is 3.87. The minimum atomic E-state index is -0.0827. The number of hydrogen-bond donors (Lipinski definition) is 1. The number of hydrogen-bond acceptors (Lipinski definition) is 3. The van der Waals surface area contributed by atoms with Crippen molar-refractivity contribution in [3.8, 4) is 0 Å². The van der Waals surface area contributed by atoms with E-state index in [1.807, 2.05) is 0 Å². The second-order valence-electron chi connectivity index (χ2n) is 2.80. The van der Waals surface area contributed by atoms with Gasteiger partial charge in [-0.1, -0.05) is 11.6 Å². The zero-order chi connectivity index (χ0) is 9.42. The molecule has 3 nitrogen and oxygen atoms in total. The van der Waals surface area contributed by atoms with Gasteiger partial charge in [-0.15, -0.1) is 0 Å². The number of aryl methyl sites for hydroxylation is 1. The molecule has 0 radical (unpaired) electrons. The second-order valence-corrected chi connectivity index (χ2v) is 3.21. The van der Waals surface area contributed by atoms with Gasteiger partial charge in [0.15, 0.2) is 11.5 Å². The molecule has 68 valence electrons. The highest BCUT2D eigenvalue weighted by Gasteiger charge is 2.06. The van der Waals surface area contributed by atoms with Gasteiger partial charge in [-0.05, 0) is 11.6 Å². The van der Waals surface area contributed by atoms with Crippen LogP contribution in [-0.2, 0) is 6.61 Å². The zero-order valence-corrected chi connectivity index (χ0v) is 7.80. The predicted molar refractivity (Wildman–Crippen MR) is 49.7 cm³/mol. The van der Waals surface area contributed by atoms with Crippen LogP contribution in [0.15, 0.2) is 16.5 Å². The van der Waals surface area contributed by atoms with E-state index in [2.05, 4.69) is 4.98 Å². The molecule has 0 saturated heterocycles. The van der Waals surface area contributed by atoms with Crippen LogP contribution < -0.4 is 0 Å². The summed E-state index contributed by atoms with van der Waals surface area (Å²) < 4.78 is 5.27. The standard InChI is InChI=1S/C9H8ClNO2/c1-5-11-8-2-6(4-12)7(10)3-9(8)13-5/h2-3,12H,4H2,1H3. The highest BCUT2D eigenvalue weighted by molar-refractivity contribution is 6.32. The lowest BCUT2D eigenvalue weighted by atomic mass is 10.2. The number of benzene rings is 1. The Morgan fingerprint density at radius 3 is 3.00 bits per heavy atom. The molecular weight excluding hydrogens is 190 g/mol. The van der Waals surface area contributed by atoms with Crippen LogP contribution in [0.3, 0.4) is 0 Å². The lowest BCUT2D eigenvalue weighted by Crippen LogP contribution is -1.84. The molecule has 0 bridgehead atoms. The average Bonchev–Trinajstić information content (AvgIpc) is 2.42. The fourth-order valence-corrected chi connectivity index (χ4v) is 1.44. The second kappa shape index (κ2) is 3.01. The van der Waals surface area contributed by atoms with Crippen LogP contribution in [0, 0.1) is 6.92 Å². The molecule has 0 aliphatic rings. The molecule has 0 unspecified atom stereocenters. The third kappa shape index (κ3) is 1.41. The van der Waals surface area contributed by atoms with Crippen molar-refractivity contribution in [2.24, 2.45) is 0 Å². The summed E-state index contributed by atoms with van der Waals surface area (Å²) in [4.78, 5) is 4.13. The van der Waals surface area contributed by atoms with Gasteiger partial charge in [0.2, 0.25) is 0 Å². The molecule has 0 spiro atoms. The van der Waals surface area contributed by atoms with Crippen molar-refractivity contribution >= 4 is 22.7 Å². The Morgan fingerprint density at radius 1 is 1.54 bits per heavy atom. The summed E-state index contributed by atoms with van der Waals surface area (Å²) in [7, 11) is 0. The van der Waals surface area contributed by atoms with E-state index in [9.17, 15) is 0 Å². The number of nitrogens with zero attached hydrogens (tertiary/aromatic N) is 1. The normalized spacial score (nSPS) is 11.0. The van der Waals surface area contributed by atoms with Gasteiger partial charge in [-0.2, -0.15) is 0 Å². The highest BCUT2D eigenvalue weighted by atomic mass is 35.5. The van der Waals surface area contributed by atoms with E-state index in [-0.39, 0.29) is 6.61 Å². The molecule has 0 amide bonds. The predicted octanol–water partition coefficient (Wildman–Crippen LogP) is 2.28. The van der Waals surface area contributed by atoms with Crippen molar-refractivity contribution in [2.75, 3.05) is 0 Å². The highest BCUT2D eigenvalue weighted by Crippen LogP contribution is 2.24. The van der Waals surface area contributed by atoms with Crippen LogP contribution in [0.2, 0.25) is 5.02 Å². The van der Waals surface area contributed by atoms with Crippen molar-refractivity contribution in [3.05, 3.63) is 28.6 Å². The average molecular weight is 198 g/mol. The SMILES string of the molecule is Cc1nc2cc(CO)c(Cl)cc2o1. The minimum absolute atomic E-state index is 0.0827. The van der Waals surface area contributed by atoms with Gasteiger partial charge in [0.1, 0.15) is 5.52 Å².